The van der Waals surface area contributed by atoms with E-state index in [1.807, 2.05) is 25.4 Å². The summed E-state index contributed by atoms with van der Waals surface area (Å²) in [6.45, 7) is 0. The van der Waals surface area contributed by atoms with E-state index in [2.05, 4.69) is 15.1 Å². The number of alkyl halides is 3. The quantitative estimate of drug-likeness (QED) is 0.505. The predicted molar refractivity (Wildman–Crippen MR) is 103 cm³/mol. The van der Waals surface area contributed by atoms with Crippen LogP contribution in [0.15, 0.2) is 55.0 Å². The number of aryl methyl sites for hydroxylation is 1. The van der Waals surface area contributed by atoms with Gasteiger partial charge in [-0.05, 0) is 41.8 Å². The van der Waals surface area contributed by atoms with E-state index in [4.69, 9.17) is 5.73 Å². The largest absolute Gasteiger partial charge is 0.433 e. The molecule has 0 spiro atoms. The molecule has 0 aliphatic heterocycles. The normalized spacial score (nSPS) is 11.7. The van der Waals surface area contributed by atoms with E-state index >= 15 is 0 Å². The molecule has 6 nitrogen and oxygen atoms in total. The van der Waals surface area contributed by atoms with Crippen molar-refractivity contribution in [1.29, 1.82) is 0 Å². The number of pyridine rings is 2. The first-order valence-corrected chi connectivity index (χ1v) is 9.01. The maximum Gasteiger partial charge on any atom is 0.433 e. The van der Waals surface area contributed by atoms with Crippen molar-refractivity contribution >= 4 is 16.8 Å². The molecule has 0 unspecified atom stereocenters. The number of nitrogens with one attached hydrogen (secondary N) is 1. The highest BCUT2D eigenvalue weighted by Crippen LogP contribution is 2.30. The van der Waals surface area contributed by atoms with Crippen molar-refractivity contribution in [3.8, 4) is 11.1 Å². The predicted octanol–water partition coefficient (Wildman–Crippen LogP) is 3.16. The molecule has 9 heteroatoms. The van der Waals surface area contributed by atoms with Gasteiger partial charge < -0.3 is 5.73 Å². The lowest BCUT2D eigenvalue weighted by atomic mass is 9.98. The highest BCUT2D eigenvalue weighted by atomic mass is 19.4. The SMILES string of the molecule is C[n+]1cc(-c2cc(C(N)=O)nc3cc(Cc4ccnc(C(F)(F)F)c4)ccc23)c[nH]1. The van der Waals surface area contributed by atoms with Crippen molar-refractivity contribution in [2.45, 2.75) is 12.6 Å². The van der Waals surface area contributed by atoms with Crippen LogP contribution in [0.25, 0.3) is 22.0 Å². The molecule has 30 heavy (non-hydrogen) atoms. The molecule has 152 valence electrons. The second-order valence-electron chi connectivity index (χ2n) is 6.96. The summed E-state index contributed by atoms with van der Waals surface area (Å²) in [5.41, 5.74) is 8.02. The summed E-state index contributed by atoms with van der Waals surface area (Å²) in [4.78, 5) is 19.5. The Labute approximate surface area is 169 Å². The first-order chi connectivity index (χ1) is 14.2. The van der Waals surface area contributed by atoms with Crippen LogP contribution in [0.1, 0.15) is 27.3 Å². The van der Waals surface area contributed by atoms with Crippen LogP contribution in [0.2, 0.25) is 0 Å². The number of halogens is 3. The molecule has 4 aromatic rings. The van der Waals surface area contributed by atoms with Gasteiger partial charge in [-0.1, -0.05) is 12.1 Å². The Morgan fingerprint density at radius 3 is 2.60 bits per heavy atom. The average molecular weight is 412 g/mol. The monoisotopic (exact) mass is 412 g/mol. The zero-order valence-electron chi connectivity index (χ0n) is 15.9. The van der Waals surface area contributed by atoms with Crippen molar-refractivity contribution in [2.24, 2.45) is 12.8 Å². The van der Waals surface area contributed by atoms with E-state index in [9.17, 15) is 18.0 Å². The molecule has 3 N–H and O–H groups in total. The van der Waals surface area contributed by atoms with Crippen LogP contribution in [-0.2, 0) is 19.6 Å². The van der Waals surface area contributed by atoms with Crippen LogP contribution < -0.4 is 10.4 Å². The van der Waals surface area contributed by atoms with E-state index in [0.29, 0.717) is 11.1 Å². The maximum absolute atomic E-state index is 12.9. The number of benzene rings is 1. The molecule has 0 saturated carbocycles. The summed E-state index contributed by atoms with van der Waals surface area (Å²) < 4.78 is 40.5. The van der Waals surface area contributed by atoms with E-state index < -0.39 is 17.8 Å². The fourth-order valence-corrected chi connectivity index (χ4v) is 3.33. The second-order valence-corrected chi connectivity index (χ2v) is 6.96. The Morgan fingerprint density at radius 1 is 1.17 bits per heavy atom. The molecule has 0 aliphatic rings. The first-order valence-electron chi connectivity index (χ1n) is 9.01. The average Bonchev–Trinajstić information content (AvgIpc) is 3.12. The third-order valence-corrected chi connectivity index (χ3v) is 4.72. The van der Waals surface area contributed by atoms with E-state index in [1.165, 1.54) is 6.07 Å². The number of carbonyl (C=O) groups is 1. The van der Waals surface area contributed by atoms with Crippen molar-refractivity contribution in [1.82, 2.24) is 15.1 Å². The number of carbonyl (C=O) groups excluding carboxylic acids is 1. The smallest absolute Gasteiger partial charge is 0.364 e. The van der Waals surface area contributed by atoms with Gasteiger partial charge in [0.2, 0.25) is 6.20 Å². The summed E-state index contributed by atoms with van der Waals surface area (Å²) in [6, 6.07) is 9.63. The molecule has 1 aromatic carbocycles. The number of primary amides is 1. The highest BCUT2D eigenvalue weighted by Gasteiger charge is 2.32. The maximum atomic E-state index is 12.9. The molecule has 1 amide bonds. The molecule has 3 heterocycles. The topological polar surface area (TPSA) is 88.5 Å². The molecule has 3 aromatic heterocycles. The Hall–Kier alpha value is -3.75. The van der Waals surface area contributed by atoms with Crippen LogP contribution in [0.5, 0.6) is 0 Å². The minimum absolute atomic E-state index is 0.113. The van der Waals surface area contributed by atoms with Gasteiger partial charge in [0.15, 0.2) is 7.05 Å². The summed E-state index contributed by atoms with van der Waals surface area (Å²) in [5, 5.41) is 3.82. The number of nitrogens with zero attached hydrogens (tertiary/aromatic N) is 3. The fraction of sp³-hybridized carbons (Fsp3) is 0.143. The third-order valence-electron chi connectivity index (χ3n) is 4.72. The lowest BCUT2D eigenvalue weighted by molar-refractivity contribution is -0.726. The van der Waals surface area contributed by atoms with Crippen molar-refractivity contribution < 1.29 is 22.6 Å². The lowest BCUT2D eigenvalue weighted by Gasteiger charge is -2.10. The Morgan fingerprint density at radius 2 is 1.93 bits per heavy atom. The van der Waals surface area contributed by atoms with Crippen LogP contribution in [-0.4, -0.2) is 21.0 Å². The van der Waals surface area contributed by atoms with Gasteiger partial charge >= 0.3 is 6.18 Å². The number of hydrogen-bond donors (Lipinski definition) is 2. The van der Waals surface area contributed by atoms with E-state index in [1.54, 1.807) is 23.0 Å². The molecule has 0 fully saturated rings. The van der Waals surface area contributed by atoms with Crippen molar-refractivity contribution in [3.05, 3.63) is 77.5 Å². The molecule has 0 aliphatic carbocycles. The number of rotatable bonds is 4. The van der Waals surface area contributed by atoms with Gasteiger partial charge in [0.25, 0.3) is 5.91 Å². The fourth-order valence-electron chi connectivity index (χ4n) is 3.33. The van der Waals surface area contributed by atoms with Crippen LogP contribution in [0.3, 0.4) is 0 Å². The Bertz CT molecular complexity index is 1260. The van der Waals surface area contributed by atoms with Crippen LogP contribution in [0.4, 0.5) is 13.2 Å². The number of fused-ring (bicyclic) bond motifs is 1. The summed E-state index contributed by atoms with van der Waals surface area (Å²) >= 11 is 0. The minimum atomic E-state index is -4.50. The Kier molecular flexibility index (Phi) is 4.73. The number of aromatic nitrogens is 4. The third kappa shape index (κ3) is 3.86. The molecule has 0 saturated heterocycles. The molecular formula is C21H17F3N5O+. The van der Waals surface area contributed by atoms with E-state index in [0.717, 1.165) is 34.3 Å². The minimum Gasteiger partial charge on any atom is -0.364 e. The number of amides is 1. The number of H-pyrrole nitrogens is 1. The summed E-state index contributed by atoms with van der Waals surface area (Å²) in [5.74, 6) is -0.660. The van der Waals surface area contributed by atoms with Gasteiger partial charge in [-0.2, -0.15) is 18.3 Å². The van der Waals surface area contributed by atoms with Gasteiger partial charge in [0, 0.05) is 17.1 Å². The van der Waals surface area contributed by atoms with Gasteiger partial charge in [-0.25, -0.2) is 4.98 Å². The second kappa shape index (κ2) is 7.25. The first kappa shape index (κ1) is 19.6. The van der Waals surface area contributed by atoms with Gasteiger partial charge in [0.05, 0.1) is 17.3 Å². The lowest BCUT2D eigenvalue weighted by Crippen LogP contribution is -2.27. The number of hydrogen-bond acceptors (Lipinski definition) is 3. The number of nitrogens with two attached hydrogens (primary N) is 1. The highest BCUT2D eigenvalue weighted by molar-refractivity contribution is 6.00. The molecular weight excluding hydrogens is 395 g/mol. The molecule has 0 atom stereocenters. The number of aromatic amines is 1. The van der Waals surface area contributed by atoms with Crippen LogP contribution in [0, 0.1) is 0 Å². The van der Waals surface area contributed by atoms with Gasteiger partial charge in [-0.15, -0.1) is 4.68 Å². The molecule has 0 radical (unpaired) electrons. The zero-order chi connectivity index (χ0) is 21.5. The molecule has 4 rings (SSSR count). The van der Waals surface area contributed by atoms with Crippen molar-refractivity contribution in [2.75, 3.05) is 0 Å². The summed E-state index contributed by atoms with van der Waals surface area (Å²) in [6.07, 6.45) is 0.566. The van der Waals surface area contributed by atoms with Crippen molar-refractivity contribution in [3.63, 3.8) is 0 Å². The standard InChI is InChI=1S/C21H16F3N5O/c1-29-11-14(10-27-29)16-9-18(20(25)30)28-17-7-12(2-3-15(16)17)6-13-4-5-26-19(8-13)21(22,23)24/h2-5,7-11H,6H2,1H3,(H2,25,30)/p+1. The zero-order valence-corrected chi connectivity index (χ0v) is 15.9. The summed E-state index contributed by atoms with van der Waals surface area (Å²) in [7, 11) is 1.84. The van der Waals surface area contributed by atoms with Gasteiger partial charge in [-0.3, -0.25) is 9.78 Å². The molecule has 0 bridgehead atoms. The van der Waals surface area contributed by atoms with Gasteiger partial charge in [0.1, 0.15) is 11.4 Å². The van der Waals surface area contributed by atoms with E-state index in [-0.39, 0.29) is 12.1 Å². The van der Waals surface area contributed by atoms with Crippen LogP contribution >= 0.6 is 0 Å². The Balaban J connectivity index is 1.78.